The SMILES string of the molecule is COC(=O)/C=C/c1cc(N(Cc2ccc(-c3ccc(N(C)C)cc3)c(C#N)c2)C(=O)C2CCCCC2)ccc1F. The third-order valence-corrected chi connectivity index (χ3v) is 7.35. The molecular weight excluding hydrogens is 505 g/mol. The molecule has 0 aliphatic heterocycles. The number of halogens is 1. The zero-order valence-electron chi connectivity index (χ0n) is 23.2. The molecule has 1 saturated carbocycles. The van der Waals surface area contributed by atoms with Gasteiger partial charge in [-0.3, -0.25) is 4.79 Å². The fraction of sp³-hybridized carbons (Fsp3) is 0.303. The lowest BCUT2D eigenvalue weighted by molar-refractivity contribution is -0.134. The molecule has 3 aromatic carbocycles. The molecule has 0 spiro atoms. The Balaban J connectivity index is 1.69. The van der Waals surface area contributed by atoms with Crippen LogP contribution in [-0.4, -0.2) is 33.1 Å². The van der Waals surface area contributed by atoms with Crippen LogP contribution in [0.3, 0.4) is 0 Å². The van der Waals surface area contributed by atoms with Crippen LogP contribution in [0.4, 0.5) is 15.8 Å². The number of carbonyl (C=O) groups excluding carboxylic acids is 2. The van der Waals surface area contributed by atoms with Crippen molar-refractivity contribution < 1.29 is 18.7 Å². The van der Waals surface area contributed by atoms with E-state index < -0.39 is 11.8 Å². The van der Waals surface area contributed by atoms with E-state index >= 15 is 0 Å². The number of hydrogen-bond donors (Lipinski definition) is 0. The number of hydrogen-bond acceptors (Lipinski definition) is 5. The summed E-state index contributed by atoms with van der Waals surface area (Å²) in [6.45, 7) is 0.232. The molecule has 0 saturated heterocycles. The molecule has 0 unspecified atom stereocenters. The molecule has 0 radical (unpaired) electrons. The Kier molecular flexibility index (Phi) is 9.34. The Bertz CT molecular complexity index is 1430. The Morgan fingerprint density at radius 2 is 1.70 bits per heavy atom. The van der Waals surface area contributed by atoms with E-state index in [4.69, 9.17) is 0 Å². The molecule has 1 fully saturated rings. The smallest absolute Gasteiger partial charge is 0.330 e. The first-order valence-corrected chi connectivity index (χ1v) is 13.5. The molecule has 0 bridgehead atoms. The van der Waals surface area contributed by atoms with Crippen molar-refractivity contribution in [1.82, 2.24) is 0 Å². The molecule has 6 nitrogen and oxygen atoms in total. The number of rotatable bonds is 8. The maximum absolute atomic E-state index is 14.6. The predicted molar refractivity (Wildman–Crippen MR) is 156 cm³/mol. The van der Waals surface area contributed by atoms with E-state index in [0.29, 0.717) is 11.3 Å². The summed E-state index contributed by atoms with van der Waals surface area (Å²) in [6.07, 6.45) is 7.25. The first kappa shape index (κ1) is 28.6. The van der Waals surface area contributed by atoms with E-state index in [2.05, 4.69) is 10.8 Å². The van der Waals surface area contributed by atoms with Crippen LogP contribution < -0.4 is 9.80 Å². The van der Waals surface area contributed by atoms with Gasteiger partial charge in [-0.25, -0.2) is 9.18 Å². The van der Waals surface area contributed by atoms with E-state index in [0.717, 1.165) is 60.6 Å². The maximum Gasteiger partial charge on any atom is 0.330 e. The molecule has 1 aliphatic carbocycles. The van der Waals surface area contributed by atoms with Crippen molar-refractivity contribution in [2.24, 2.45) is 5.92 Å². The van der Waals surface area contributed by atoms with Gasteiger partial charge in [0, 0.05) is 43.0 Å². The average molecular weight is 540 g/mol. The van der Waals surface area contributed by atoms with Crippen LogP contribution in [-0.2, 0) is 20.9 Å². The van der Waals surface area contributed by atoms with Crippen LogP contribution in [0.2, 0.25) is 0 Å². The molecule has 4 rings (SSSR count). The standard InChI is InChI=1S/C33H34FN3O3/c1-36(2)28-13-10-24(11-14-28)30-16-9-23(19-27(30)21-35)22-37(33(39)25-7-5-4-6-8-25)29-15-17-31(34)26(20-29)12-18-32(38)40-3/h9-20,25H,4-8,22H2,1-3H3/b18-12+. The number of nitriles is 1. The van der Waals surface area contributed by atoms with Gasteiger partial charge in [-0.15, -0.1) is 0 Å². The topological polar surface area (TPSA) is 73.6 Å². The summed E-state index contributed by atoms with van der Waals surface area (Å²) in [5, 5.41) is 9.98. The molecule has 3 aromatic rings. The van der Waals surface area contributed by atoms with Gasteiger partial charge in [0.1, 0.15) is 5.82 Å². The third-order valence-electron chi connectivity index (χ3n) is 7.35. The zero-order valence-corrected chi connectivity index (χ0v) is 23.2. The average Bonchev–Trinajstić information content (AvgIpc) is 2.99. The van der Waals surface area contributed by atoms with Crippen LogP contribution in [0.15, 0.2) is 66.7 Å². The summed E-state index contributed by atoms with van der Waals surface area (Å²) in [4.78, 5) is 29.1. The van der Waals surface area contributed by atoms with Gasteiger partial charge >= 0.3 is 5.97 Å². The van der Waals surface area contributed by atoms with Gasteiger partial charge in [-0.05, 0) is 72.0 Å². The minimum Gasteiger partial charge on any atom is -0.466 e. The summed E-state index contributed by atoms with van der Waals surface area (Å²) in [6, 6.07) is 20.4. The number of nitrogens with zero attached hydrogens (tertiary/aromatic N) is 3. The fourth-order valence-corrected chi connectivity index (χ4v) is 5.07. The number of carbonyl (C=O) groups is 2. The van der Waals surface area contributed by atoms with E-state index in [-0.39, 0.29) is 23.9 Å². The third kappa shape index (κ3) is 6.76. The van der Waals surface area contributed by atoms with Gasteiger partial charge in [0.2, 0.25) is 5.91 Å². The van der Waals surface area contributed by atoms with Crippen molar-refractivity contribution in [3.63, 3.8) is 0 Å². The second-order valence-electron chi connectivity index (χ2n) is 10.3. The van der Waals surface area contributed by atoms with Crippen LogP contribution in [0.5, 0.6) is 0 Å². The largest absolute Gasteiger partial charge is 0.466 e. The number of esters is 1. The van der Waals surface area contributed by atoms with Crippen molar-refractivity contribution >= 4 is 29.3 Å². The molecule has 7 heteroatoms. The Hall–Kier alpha value is -4.44. The van der Waals surface area contributed by atoms with Crippen LogP contribution in [0.1, 0.15) is 48.8 Å². The number of ether oxygens (including phenoxy) is 1. The lowest BCUT2D eigenvalue weighted by atomic mass is 9.88. The van der Waals surface area contributed by atoms with Gasteiger partial charge in [-0.2, -0.15) is 5.26 Å². The highest BCUT2D eigenvalue weighted by Crippen LogP contribution is 2.31. The highest BCUT2D eigenvalue weighted by atomic mass is 19.1. The summed E-state index contributed by atoms with van der Waals surface area (Å²) in [7, 11) is 5.21. The predicted octanol–water partition coefficient (Wildman–Crippen LogP) is 6.73. The summed E-state index contributed by atoms with van der Waals surface area (Å²) < 4.78 is 19.2. The molecular formula is C33H34FN3O3. The summed E-state index contributed by atoms with van der Waals surface area (Å²) in [5.74, 6) is -1.24. The van der Waals surface area contributed by atoms with Crippen molar-refractivity contribution in [2.75, 3.05) is 31.0 Å². The minimum atomic E-state index is -0.597. The van der Waals surface area contributed by atoms with Gasteiger partial charge in [-0.1, -0.05) is 43.5 Å². The quantitative estimate of drug-likeness (QED) is 0.234. The highest BCUT2D eigenvalue weighted by molar-refractivity contribution is 5.95. The van der Waals surface area contributed by atoms with E-state index in [1.165, 1.54) is 19.3 Å². The summed E-state index contributed by atoms with van der Waals surface area (Å²) in [5.41, 5.74) is 4.84. The number of anilines is 2. The molecule has 0 N–H and O–H groups in total. The van der Waals surface area contributed by atoms with E-state index in [1.807, 2.05) is 61.5 Å². The molecule has 0 atom stereocenters. The monoisotopic (exact) mass is 539 g/mol. The van der Waals surface area contributed by atoms with Crippen LogP contribution in [0.25, 0.3) is 17.2 Å². The fourth-order valence-electron chi connectivity index (χ4n) is 5.07. The molecule has 1 amide bonds. The second-order valence-corrected chi connectivity index (χ2v) is 10.3. The first-order valence-electron chi connectivity index (χ1n) is 13.5. The van der Waals surface area contributed by atoms with Crippen molar-refractivity contribution in [3.05, 3.63) is 89.2 Å². The summed E-state index contributed by atoms with van der Waals surface area (Å²) >= 11 is 0. The Labute approximate surface area is 235 Å². The Morgan fingerprint density at radius 1 is 1.00 bits per heavy atom. The lowest BCUT2D eigenvalue weighted by Crippen LogP contribution is -2.36. The Morgan fingerprint density at radius 3 is 2.35 bits per heavy atom. The van der Waals surface area contributed by atoms with Crippen LogP contribution in [0, 0.1) is 23.1 Å². The normalized spacial score (nSPS) is 13.6. The molecule has 40 heavy (non-hydrogen) atoms. The number of methoxy groups -OCH3 is 1. The van der Waals surface area contributed by atoms with Crippen molar-refractivity contribution in [3.8, 4) is 17.2 Å². The highest BCUT2D eigenvalue weighted by Gasteiger charge is 2.28. The van der Waals surface area contributed by atoms with Gasteiger partial charge < -0.3 is 14.5 Å². The number of amides is 1. The maximum atomic E-state index is 14.6. The molecule has 0 aromatic heterocycles. The molecule has 1 aliphatic rings. The second kappa shape index (κ2) is 13.1. The minimum absolute atomic E-state index is 0.0175. The van der Waals surface area contributed by atoms with Gasteiger partial charge in [0.15, 0.2) is 0 Å². The lowest BCUT2D eigenvalue weighted by Gasteiger charge is -2.30. The zero-order chi connectivity index (χ0) is 28.6. The first-order chi connectivity index (χ1) is 19.3. The van der Waals surface area contributed by atoms with E-state index in [1.54, 1.807) is 17.0 Å². The van der Waals surface area contributed by atoms with Gasteiger partial charge in [0.05, 0.1) is 25.3 Å². The molecule has 0 heterocycles. The van der Waals surface area contributed by atoms with E-state index in [9.17, 15) is 19.2 Å². The molecule has 206 valence electrons. The van der Waals surface area contributed by atoms with Crippen molar-refractivity contribution in [2.45, 2.75) is 38.6 Å². The van der Waals surface area contributed by atoms with Crippen LogP contribution >= 0.6 is 0 Å². The number of benzene rings is 3. The van der Waals surface area contributed by atoms with Gasteiger partial charge in [0.25, 0.3) is 0 Å². The van der Waals surface area contributed by atoms with Crippen molar-refractivity contribution in [1.29, 1.82) is 5.26 Å².